The second-order valence-corrected chi connectivity index (χ2v) is 3.16. The molecule has 0 aromatic carbocycles. The summed E-state index contributed by atoms with van der Waals surface area (Å²) in [5, 5.41) is 8.62. The Hall–Kier alpha value is -1.79. The number of hydrogen-bond acceptors (Lipinski definition) is 3. The molecule has 0 unspecified atom stereocenters. The molecule has 0 aliphatic rings. The van der Waals surface area contributed by atoms with Gasteiger partial charge in [-0.15, -0.1) is 0 Å². The Morgan fingerprint density at radius 2 is 2.12 bits per heavy atom. The molecule has 0 spiro atoms. The van der Waals surface area contributed by atoms with Gasteiger partial charge in [-0.2, -0.15) is 13.2 Å². The molecule has 0 bridgehead atoms. The van der Waals surface area contributed by atoms with Gasteiger partial charge in [-0.25, -0.2) is 9.78 Å². The SMILES string of the molecule is CN(CC(F)(F)F)c1cccc(C(=O)O)n1. The maximum atomic E-state index is 12.1. The molecular formula is C9H9F3N2O2. The van der Waals surface area contributed by atoms with Crippen LogP contribution in [0.5, 0.6) is 0 Å². The lowest BCUT2D eigenvalue weighted by Gasteiger charge is -2.19. The minimum absolute atomic E-state index is 0.0303. The van der Waals surface area contributed by atoms with E-state index >= 15 is 0 Å². The van der Waals surface area contributed by atoms with Crippen molar-refractivity contribution in [2.75, 3.05) is 18.5 Å². The van der Waals surface area contributed by atoms with Crippen molar-refractivity contribution in [1.29, 1.82) is 0 Å². The molecule has 0 fully saturated rings. The van der Waals surface area contributed by atoms with E-state index in [1.807, 2.05) is 0 Å². The summed E-state index contributed by atoms with van der Waals surface area (Å²) in [7, 11) is 1.20. The van der Waals surface area contributed by atoms with Crippen LogP contribution in [-0.4, -0.2) is 35.8 Å². The van der Waals surface area contributed by atoms with E-state index in [4.69, 9.17) is 5.11 Å². The lowest BCUT2D eigenvalue weighted by atomic mass is 10.3. The fourth-order valence-electron chi connectivity index (χ4n) is 1.10. The Bertz CT molecular complexity index is 393. The van der Waals surface area contributed by atoms with Gasteiger partial charge in [0.2, 0.25) is 0 Å². The van der Waals surface area contributed by atoms with E-state index in [-0.39, 0.29) is 11.5 Å². The van der Waals surface area contributed by atoms with Crippen molar-refractivity contribution in [3.8, 4) is 0 Å². The standard InChI is InChI=1S/C9H9F3N2O2/c1-14(5-9(10,11)12)7-4-2-3-6(13-7)8(15)16/h2-4H,5H2,1H3,(H,15,16). The van der Waals surface area contributed by atoms with Crippen molar-refractivity contribution >= 4 is 11.8 Å². The summed E-state index contributed by atoms with van der Waals surface area (Å²) in [5.74, 6) is -1.31. The summed E-state index contributed by atoms with van der Waals surface area (Å²) in [6.07, 6.45) is -4.35. The van der Waals surface area contributed by atoms with Crippen LogP contribution >= 0.6 is 0 Å². The molecule has 0 atom stereocenters. The summed E-state index contributed by atoms with van der Waals surface area (Å²) in [5.41, 5.74) is -0.286. The number of halogens is 3. The lowest BCUT2D eigenvalue weighted by molar-refractivity contribution is -0.119. The second kappa shape index (κ2) is 4.38. The molecular weight excluding hydrogens is 225 g/mol. The third-order valence-electron chi connectivity index (χ3n) is 1.76. The van der Waals surface area contributed by atoms with E-state index in [1.54, 1.807) is 0 Å². The molecule has 0 saturated carbocycles. The molecule has 0 amide bonds. The lowest BCUT2D eigenvalue weighted by Crippen LogP contribution is -2.31. The predicted molar refractivity (Wildman–Crippen MR) is 50.5 cm³/mol. The monoisotopic (exact) mass is 234 g/mol. The first-order valence-corrected chi connectivity index (χ1v) is 4.28. The Morgan fingerprint density at radius 3 is 2.62 bits per heavy atom. The van der Waals surface area contributed by atoms with Crippen LogP contribution in [0.2, 0.25) is 0 Å². The average molecular weight is 234 g/mol. The summed E-state index contributed by atoms with van der Waals surface area (Å²) in [4.78, 5) is 15.0. The minimum Gasteiger partial charge on any atom is -0.477 e. The van der Waals surface area contributed by atoms with Crippen LogP contribution in [0.4, 0.5) is 19.0 Å². The number of alkyl halides is 3. The maximum absolute atomic E-state index is 12.1. The number of carboxylic acid groups (broad SMARTS) is 1. The maximum Gasteiger partial charge on any atom is 0.405 e. The Kier molecular flexibility index (Phi) is 3.36. The number of anilines is 1. The van der Waals surface area contributed by atoms with E-state index in [1.165, 1.54) is 25.2 Å². The number of aromatic nitrogens is 1. The normalized spacial score (nSPS) is 11.2. The zero-order valence-corrected chi connectivity index (χ0v) is 8.32. The Balaban J connectivity index is 2.87. The van der Waals surface area contributed by atoms with Gasteiger partial charge >= 0.3 is 12.1 Å². The molecule has 1 rings (SSSR count). The number of carbonyl (C=O) groups is 1. The fraction of sp³-hybridized carbons (Fsp3) is 0.333. The van der Waals surface area contributed by atoms with Gasteiger partial charge < -0.3 is 10.0 Å². The zero-order valence-electron chi connectivity index (χ0n) is 8.32. The third-order valence-corrected chi connectivity index (χ3v) is 1.76. The van der Waals surface area contributed by atoms with Crippen molar-refractivity contribution in [3.63, 3.8) is 0 Å². The van der Waals surface area contributed by atoms with E-state index in [2.05, 4.69) is 4.98 Å². The summed E-state index contributed by atoms with van der Waals surface area (Å²) < 4.78 is 36.2. The van der Waals surface area contributed by atoms with E-state index in [0.29, 0.717) is 0 Å². The van der Waals surface area contributed by atoms with Crippen molar-refractivity contribution < 1.29 is 23.1 Å². The van der Waals surface area contributed by atoms with Crippen LogP contribution in [0.15, 0.2) is 18.2 Å². The predicted octanol–water partition coefficient (Wildman–Crippen LogP) is 1.78. The fourth-order valence-corrected chi connectivity index (χ4v) is 1.10. The first-order chi connectivity index (χ1) is 7.29. The molecule has 1 heterocycles. The molecule has 0 saturated heterocycles. The first-order valence-electron chi connectivity index (χ1n) is 4.28. The zero-order chi connectivity index (χ0) is 12.3. The summed E-state index contributed by atoms with van der Waals surface area (Å²) in [6, 6.07) is 3.88. The Morgan fingerprint density at radius 1 is 1.50 bits per heavy atom. The van der Waals surface area contributed by atoms with Gasteiger partial charge in [0.25, 0.3) is 0 Å². The molecule has 1 aromatic rings. The van der Waals surface area contributed by atoms with Crippen LogP contribution in [-0.2, 0) is 0 Å². The Labute approximate surface area is 89.3 Å². The molecule has 4 nitrogen and oxygen atoms in total. The minimum atomic E-state index is -4.35. The topological polar surface area (TPSA) is 53.4 Å². The molecule has 88 valence electrons. The number of aromatic carboxylic acids is 1. The molecule has 0 radical (unpaired) electrons. The highest BCUT2D eigenvalue weighted by molar-refractivity contribution is 5.85. The largest absolute Gasteiger partial charge is 0.477 e. The highest BCUT2D eigenvalue weighted by Gasteiger charge is 2.29. The van der Waals surface area contributed by atoms with E-state index in [9.17, 15) is 18.0 Å². The quantitative estimate of drug-likeness (QED) is 0.866. The number of nitrogens with zero attached hydrogens (tertiary/aromatic N) is 2. The van der Waals surface area contributed by atoms with Crippen molar-refractivity contribution in [2.45, 2.75) is 6.18 Å². The highest BCUT2D eigenvalue weighted by Crippen LogP contribution is 2.19. The molecule has 1 N–H and O–H groups in total. The van der Waals surface area contributed by atoms with Gasteiger partial charge in [-0.3, -0.25) is 0 Å². The van der Waals surface area contributed by atoms with E-state index in [0.717, 1.165) is 4.90 Å². The molecule has 7 heteroatoms. The van der Waals surface area contributed by atoms with Crippen LogP contribution in [0, 0.1) is 0 Å². The molecule has 0 aliphatic heterocycles. The van der Waals surface area contributed by atoms with Crippen LogP contribution in [0.1, 0.15) is 10.5 Å². The molecule has 1 aromatic heterocycles. The number of pyridine rings is 1. The first kappa shape index (κ1) is 12.3. The third kappa shape index (κ3) is 3.41. The summed E-state index contributed by atoms with van der Waals surface area (Å²) in [6.45, 7) is -1.18. The number of carboxylic acids is 1. The van der Waals surface area contributed by atoms with Crippen molar-refractivity contribution in [2.24, 2.45) is 0 Å². The van der Waals surface area contributed by atoms with Crippen molar-refractivity contribution in [1.82, 2.24) is 4.98 Å². The summed E-state index contributed by atoms with van der Waals surface area (Å²) >= 11 is 0. The number of hydrogen-bond donors (Lipinski definition) is 1. The van der Waals surface area contributed by atoms with Crippen LogP contribution in [0.25, 0.3) is 0 Å². The van der Waals surface area contributed by atoms with Gasteiger partial charge in [0.15, 0.2) is 5.69 Å². The number of rotatable bonds is 3. The van der Waals surface area contributed by atoms with E-state index < -0.39 is 18.7 Å². The molecule has 16 heavy (non-hydrogen) atoms. The van der Waals surface area contributed by atoms with Crippen molar-refractivity contribution in [3.05, 3.63) is 23.9 Å². The second-order valence-electron chi connectivity index (χ2n) is 3.16. The van der Waals surface area contributed by atoms with Gasteiger partial charge in [-0.05, 0) is 12.1 Å². The van der Waals surface area contributed by atoms with Gasteiger partial charge in [0, 0.05) is 7.05 Å². The van der Waals surface area contributed by atoms with Crippen LogP contribution < -0.4 is 4.90 Å². The smallest absolute Gasteiger partial charge is 0.405 e. The highest BCUT2D eigenvalue weighted by atomic mass is 19.4. The average Bonchev–Trinajstić information content (AvgIpc) is 2.15. The van der Waals surface area contributed by atoms with Gasteiger partial charge in [-0.1, -0.05) is 6.07 Å². The van der Waals surface area contributed by atoms with Crippen LogP contribution in [0.3, 0.4) is 0 Å². The van der Waals surface area contributed by atoms with Gasteiger partial charge in [0.1, 0.15) is 12.4 Å². The molecule has 0 aliphatic carbocycles. The van der Waals surface area contributed by atoms with Gasteiger partial charge in [0.05, 0.1) is 0 Å².